The maximum atomic E-state index is 12.8. The Hall–Kier alpha value is -1.53. The molecule has 1 aliphatic carbocycles. The summed E-state index contributed by atoms with van der Waals surface area (Å²) in [6, 6.07) is 3.88. The Kier molecular flexibility index (Phi) is 4.99. The predicted molar refractivity (Wildman–Crippen MR) is 92.0 cm³/mol. The molecule has 1 aromatic rings. The maximum absolute atomic E-state index is 12.8. The van der Waals surface area contributed by atoms with Crippen molar-refractivity contribution in [2.24, 2.45) is 5.92 Å². The van der Waals surface area contributed by atoms with Gasteiger partial charge in [-0.1, -0.05) is 0 Å². The smallest absolute Gasteiger partial charge is 0.317 e. The number of fused-ring (bicyclic) bond motifs is 1. The topological polar surface area (TPSA) is 74.9 Å². The molecule has 6 nitrogen and oxygen atoms in total. The van der Waals surface area contributed by atoms with Crippen molar-refractivity contribution in [2.75, 3.05) is 13.2 Å². The third-order valence-corrected chi connectivity index (χ3v) is 6.10. The molecule has 4 rings (SSSR count). The van der Waals surface area contributed by atoms with Gasteiger partial charge in [0.15, 0.2) is 0 Å². The highest BCUT2D eigenvalue weighted by Crippen LogP contribution is 2.35. The first-order valence-electron chi connectivity index (χ1n) is 9.62. The van der Waals surface area contributed by atoms with Crippen molar-refractivity contribution in [1.29, 1.82) is 0 Å². The molecule has 3 aliphatic rings. The van der Waals surface area contributed by atoms with E-state index in [1.807, 2.05) is 4.90 Å². The van der Waals surface area contributed by atoms with Gasteiger partial charge in [0.2, 0.25) is 0 Å². The quantitative estimate of drug-likeness (QED) is 0.877. The highest BCUT2D eigenvalue weighted by Gasteiger charge is 2.40. The average Bonchev–Trinajstić information content (AvgIpc) is 3.36. The summed E-state index contributed by atoms with van der Waals surface area (Å²) >= 11 is 0. The Balaban J connectivity index is 1.35. The molecule has 25 heavy (non-hydrogen) atoms. The SMILES string of the molecule is O=C(N[C@@H]1CCC[C@@H]2OCC[C@@H]21)N1CCC[C@H]1C[C@H](O)c1ccco1. The van der Waals surface area contributed by atoms with Gasteiger partial charge in [-0.15, -0.1) is 0 Å². The molecule has 2 N–H and O–H groups in total. The number of hydrogen-bond donors (Lipinski definition) is 2. The van der Waals surface area contributed by atoms with Crippen molar-refractivity contribution in [2.45, 2.75) is 69.2 Å². The van der Waals surface area contributed by atoms with Crippen LogP contribution in [0.1, 0.15) is 56.8 Å². The van der Waals surface area contributed by atoms with E-state index in [4.69, 9.17) is 9.15 Å². The first-order chi connectivity index (χ1) is 12.2. The Bertz CT molecular complexity index is 576. The lowest BCUT2D eigenvalue weighted by molar-refractivity contribution is 0.0531. The van der Waals surface area contributed by atoms with Crippen molar-refractivity contribution in [3.63, 3.8) is 0 Å². The van der Waals surface area contributed by atoms with Crippen LogP contribution in [0.5, 0.6) is 0 Å². The number of nitrogens with zero attached hydrogens (tertiary/aromatic N) is 1. The normalized spacial score (nSPS) is 33.2. The molecule has 2 saturated heterocycles. The highest BCUT2D eigenvalue weighted by atomic mass is 16.5. The zero-order chi connectivity index (χ0) is 17.2. The minimum absolute atomic E-state index is 0.0201. The first-order valence-corrected chi connectivity index (χ1v) is 9.62. The van der Waals surface area contributed by atoms with Gasteiger partial charge in [-0.3, -0.25) is 0 Å². The van der Waals surface area contributed by atoms with Gasteiger partial charge in [0.25, 0.3) is 0 Å². The van der Waals surface area contributed by atoms with E-state index >= 15 is 0 Å². The third kappa shape index (κ3) is 3.55. The summed E-state index contributed by atoms with van der Waals surface area (Å²) in [6.45, 7) is 1.59. The number of rotatable bonds is 4. The number of hydrogen-bond acceptors (Lipinski definition) is 4. The molecule has 3 heterocycles. The molecular weight excluding hydrogens is 320 g/mol. The standard InChI is InChI=1S/C19H28N2O4/c22-16(18-7-3-10-24-18)12-13-4-2-9-21(13)19(23)20-15-5-1-6-17-14(15)8-11-25-17/h3,7,10,13-17,22H,1-2,4-6,8-9,11-12H2,(H,20,23)/t13-,14+,15+,16-,17-/m0/s1. The van der Waals surface area contributed by atoms with Gasteiger partial charge in [-0.05, 0) is 50.7 Å². The fourth-order valence-electron chi connectivity index (χ4n) is 4.80. The summed E-state index contributed by atoms with van der Waals surface area (Å²) in [5, 5.41) is 13.6. The summed E-state index contributed by atoms with van der Waals surface area (Å²) in [6.07, 6.45) is 8.03. The van der Waals surface area contributed by atoms with Crippen LogP contribution in [0.15, 0.2) is 22.8 Å². The van der Waals surface area contributed by atoms with E-state index in [1.165, 1.54) is 0 Å². The number of ether oxygens (including phenoxy) is 1. The molecule has 138 valence electrons. The fourth-order valence-corrected chi connectivity index (χ4v) is 4.80. The number of carbonyl (C=O) groups excluding carboxylic acids is 1. The second-order valence-corrected chi connectivity index (χ2v) is 7.61. The van der Waals surface area contributed by atoms with Crippen molar-refractivity contribution in [3.05, 3.63) is 24.2 Å². The van der Waals surface area contributed by atoms with Crippen molar-refractivity contribution >= 4 is 6.03 Å². The van der Waals surface area contributed by atoms with Crippen LogP contribution in [0.2, 0.25) is 0 Å². The van der Waals surface area contributed by atoms with Crippen LogP contribution < -0.4 is 5.32 Å². The number of furan rings is 1. The molecule has 2 amide bonds. The second kappa shape index (κ2) is 7.38. The highest BCUT2D eigenvalue weighted by molar-refractivity contribution is 5.75. The lowest BCUT2D eigenvalue weighted by Crippen LogP contribution is -2.51. The van der Waals surface area contributed by atoms with Gasteiger partial charge in [0, 0.05) is 37.6 Å². The molecule has 3 fully saturated rings. The number of nitrogens with one attached hydrogen (secondary N) is 1. The second-order valence-electron chi connectivity index (χ2n) is 7.61. The molecule has 1 aromatic heterocycles. The molecule has 5 atom stereocenters. The van der Waals surface area contributed by atoms with Crippen LogP contribution in [0.3, 0.4) is 0 Å². The molecular formula is C19H28N2O4. The minimum atomic E-state index is -0.657. The molecule has 0 spiro atoms. The van der Waals surface area contributed by atoms with Crippen molar-refractivity contribution in [3.8, 4) is 0 Å². The largest absolute Gasteiger partial charge is 0.467 e. The Morgan fingerprint density at radius 1 is 1.32 bits per heavy atom. The van der Waals surface area contributed by atoms with Gasteiger partial charge in [-0.2, -0.15) is 0 Å². The Morgan fingerprint density at radius 3 is 3.08 bits per heavy atom. The average molecular weight is 348 g/mol. The van der Waals surface area contributed by atoms with E-state index in [0.717, 1.165) is 51.7 Å². The van der Waals surface area contributed by atoms with Gasteiger partial charge in [-0.25, -0.2) is 4.79 Å². The van der Waals surface area contributed by atoms with Crippen LogP contribution >= 0.6 is 0 Å². The lowest BCUT2D eigenvalue weighted by atomic mass is 9.82. The Morgan fingerprint density at radius 2 is 2.24 bits per heavy atom. The number of likely N-dealkylation sites (tertiary alicyclic amines) is 1. The number of aliphatic hydroxyl groups is 1. The summed E-state index contributed by atoms with van der Waals surface area (Å²) in [7, 11) is 0. The lowest BCUT2D eigenvalue weighted by Gasteiger charge is -2.35. The van der Waals surface area contributed by atoms with E-state index in [1.54, 1.807) is 18.4 Å². The zero-order valence-corrected chi connectivity index (χ0v) is 14.6. The summed E-state index contributed by atoms with van der Waals surface area (Å²) in [5.74, 6) is 1.04. The fraction of sp³-hybridized carbons (Fsp3) is 0.737. The van der Waals surface area contributed by atoms with Crippen LogP contribution in [-0.4, -0.2) is 47.4 Å². The van der Waals surface area contributed by atoms with Crippen LogP contribution in [-0.2, 0) is 4.74 Å². The molecule has 0 unspecified atom stereocenters. The van der Waals surface area contributed by atoms with Crippen LogP contribution in [0.4, 0.5) is 4.79 Å². The van der Waals surface area contributed by atoms with Crippen LogP contribution in [0.25, 0.3) is 0 Å². The number of carbonyl (C=O) groups is 1. The van der Waals surface area contributed by atoms with Crippen LogP contribution in [0, 0.1) is 5.92 Å². The number of amides is 2. The van der Waals surface area contributed by atoms with Crippen molar-refractivity contribution < 1.29 is 19.1 Å². The van der Waals surface area contributed by atoms with E-state index in [0.29, 0.717) is 24.2 Å². The van der Waals surface area contributed by atoms with Gasteiger partial charge in [0.1, 0.15) is 11.9 Å². The third-order valence-electron chi connectivity index (χ3n) is 6.10. The first kappa shape index (κ1) is 16.9. The molecule has 0 aromatic carbocycles. The summed E-state index contributed by atoms with van der Waals surface area (Å²) in [4.78, 5) is 14.8. The van der Waals surface area contributed by atoms with E-state index in [2.05, 4.69) is 5.32 Å². The van der Waals surface area contributed by atoms with Crippen molar-refractivity contribution in [1.82, 2.24) is 10.2 Å². The molecule has 1 saturated carbocycles. The van der Waals surface area contributed by atoms with E-state index < -0.39 is 6.10 Å². The molecule has 6 heteroatoms. The monoisotopic (exact) mass is 348 g/mol. The molecule has 2 aliphatic heterocycles. The van der Waals surface area contributed by atoms with E-state index in [9.17, 15) is 9.90 Å². The number of urea groups is 1. The summed E-state index contributed by atoms with van der Waals surface area (Å²) < 4.78 is 11.1. The zero-order valence-electron chi connectivity index (χ0n) is 14.6. The maximum Gasteiger partial charge on any atom is 0.317 e. The summed E-state index contributed by atoms with van der Waals surface area (Å²) in [5.41, 5.74) is 0. The predicted octanol–water partition coefficient (Wildman–Crippen LogP) is 2.83. The van der Waals surface area contributed by atoms with E-state index in [-0.39, 0.29) is 18.1 Å². The number of aliphatic hydroxyl groups excluding tert-OH is 1. The minimum Gasteiger partial charge on any atom is -0.467 e. The molecule has 0 bridgehead atoms. The van der Waals surface area contributed by atoms with Gasteiger partial charge < -0.3 is 24.5 Å². The Labute approximate surface area is 148 Å². The van der Waals surface area contributed by atoms with Gasteiger partial charge in [0.05, 0.1) is 12.4 Å². The molecule has 0 radical (unpaired) electrons. The van der Waals surface area contributed by atoms with Gasteiger partial charge >= 0.3 is 6.03 Å².